The van der Waals surface area contributed by atoms with Gasteiger partial charge in [-0.3, -0.25) is 0 Å². The Morgan fingerprint density at radius 2 is 1.65 bits per heavy atom. The van der Waals surface area contributed by atoms with E-state index in [1.807, 2.05) is 6.08 Å². The van der Waals surface area contributed by atoms with E-state index in [-0.39, 0.29) is 0 Å². The summed E-state index contributed by atoms with van der Waals surface area (Å²) >= 11 is 0. The Hall–Kier alpha value is -0.520. The van der Waals surface area contributed by atoms with Crippen LogP contribution in [0, 0.1) is 11.8 Å². The number of unbranched alkanes of at least 4 members (excludes halogenated alkanes) is 5. The Balaban J connectivity index is 3.37. The van der Waals surface area contributed by atoms with E-state index < -0.39 is 0 Å². The van der Waals surface area contributed by atoms with Crippen molar-refractivity contribution in [1.29, 1.82) is 0 Å². The van der Waals surface area contributed by atoms with Crippen LogP contribution in [-0.4, -0.2) is 0 Å². The first kappa shape index (κ1) is 16.5. The lowest BCUT2D eigenvalue weighted by atomic mass is 9.98. The van der Waals surface area contributed by atoms with Crippen molar-refractivity contribution in [2.45, 2.75) is 72.1 Å². The fourth-order valence-corrected chi connectivity index (χ4v) is 2.00. The maximum absolute atomic E-state index is 3.79. The zero-order chi connectivity index (χ0) is 12.9. The highest BCUT2D eigenvalue weighted by Gasteiger charge is 1.99. The zero-order valence-corrected chi connectivity index (χ0v) is 12.3. The van der Waals surface area contributed by atoms with E-state index in [0.717, 1.165) is 5.92 Å². The van der Waals surface area contributed by atoms with E-state index in [0.29, 0.717) is 5.92 Å². The molecule has 0 aliphatic heterocycles. The summed E-state index contributed by atoms with van der Waals surface area (Å²) in [5, 5.41) is 0. The molecule has 0 aromatic rings. The highest BCUT2D eigenvalue weighted by atomic mass is 14.1. The number of rotatable bonds is 11. The largest absolute Gasteiger partial charge is 0.102 e. The molecule has 0 saturated heterocycles. The molecule has 0 aliphatic carbocycles. The van der Waals surface area contributed by atoms with E-state index in [1.165, 1.54) is 51.4 Å². The van der Waals surface area contributed by atoms with E-state index >= 15 is 0 Å². The molecule has 0 fully saturated rings. The summed E-state index contributed by atoms with van der Waals surface area (Å²) < 4.78 is 0. The normalized spacial score (nSPS) is 15.0. The van der Waals surface area contributed by atoms with Gasteiger partial charge < -0.3 is 0 Å². The van der Waals surface area contributed by atoms with Crippen molar-refractivity contribution < 1.29 is 0 Å². The van der Waals surface area contributed by atoms with Crippen molar-refractivity contribution >= 4 is 0 Å². The molecule has 0 radical (unpaired) electrons. The molecule has 0 aromatic heterocycles. The molecule has 0 aromatic carbocycles. The lowest BCUT2D eigenvalue weighted by Crippen LogP contribution is -1.93. The van der Waals surface area contributed by atoms with Crippen LogP contribution in [0.25, 0.3) is 0 Å². The predicted molar refractivity (Wildman–Crippen MR) is 80.3 cm³/mol. The Kier molecular flexibility index (Phi) is 11.6. The maximum Gasteiger partial charge on any atom is -0.00846 e. The zero-order valence-electron chi connectivity index (χ0n) is 12.3. The topological polar surface area (TPSA) is 0 Å². The second-order valence-corrected chi connectivity index (χ2v) is 5.42. The molecule has 17 heavy (non-hydrogen) atoms. The third-order valence-corrected chi connectivity index (χ3v) is 3.40. The van der Waals surface area contributed by atoms with Gasteiger partial charge in [-0.2, -0.15) is 0 Å². The molecule has 0 heterocycles. The van der Waals surface area contributed by atoms with Crippen LogP contribution in [0.3, 0.4) is 0 Å². The van der Waals surface area contributed by atoms with Crippen LogP contribution in [0.2, 0.25) is 0 Å². The number of hydrogen-bond donors (Lipinski definition) is 0. The lowest BCUT2D eigenvalue weighted by molar-refractivity contribution is 0.487. The molecule has 0 heteroatoms. The average Bonchev–Trinajstić information content (AvgIpc) is 2.33. The van der Waals surface area contributed by atoms with Crippen molar-refractivity contribution in [1.82, 2.24) is 0 Å². The maximum atomic E-state index is 3.79. The average molecular weight is 236 g/mol. The van der Waals surface area contributed by atoms with Crippen LogP contribution < -0.4 is 0 Å². The van der Waals surface area contributed by atoms with Crippen molar-refractivity contribution in [2.75, 3.05) is 0 Å². The Morgan fingerprint density at radius 3 is 2.29 bits per heavy atom. The van der Waals surface area contributed by atoms with E-state index in [4.69, 9.17) is 0 Å². The minimum absolute atomic E-state index is 0.524. The van der Waals surface area contributed by atoms with Gasteiger partial charge >= 0.3 is 0 Å². The van der Waals surface area contributed by atoms with Crippen LogP contribution >= 0.6 is 0 Å². The molecular formula is C17H32. The molecule has 0 nitrogen and oxygen atoms in total. The van der Waals surface area contributed by atoms with E-state index in [9.17, 15) is 0 Å². The van der Waals surface area contributed by atoms with Gasteiger partial charge in [0.15, 0.2) is 0 Å². The molecule has 0 spiro atoms. The van der Waals surface area contributed by atoms with Gasteiger partial charge in [-0.05, 0) is 18.3 Å². The van der Waals surface area contributed by atoms with Gasteiger partial charge in [0.2, 0.25) is 0 Å². The first-order chi connectivity index (χ1) is 8.20. The van der Waals surface area contributed by atoms with Crippen molar-refractivity contribution in [3.63, 3.8) is 0 Å². The van der Waals surface area contributed by atoms with Crippen LogP contribution in [0.1, 0.15) is 72.1 Å². The first-order valence-corrected chi connectivity index (χ1v) is 7.49. The quantitative estimate of drug-likeness (QED) is 0.298. The number of hydrogen-bond acceptors (Lipinski definition) is 0. The van der Waals surface area contributed by atoms with Gasteiger partial charge in [-0.1, -0.05) is 83.9 Å². The van der Waals surface area contributed by atoms with Gasteiger partial charge in [-0.15, -0.1) is 6.58 Å². The highest BCUT2D eigenvalue weighted by molar-refractivity contribution is 4.95. The molecule has 0 rings (SSSR count). The monoisotopic (exact) mass is 236 g/mol. The Labute approximate surface area is 109 Å². The molecule has 100 valence electrons. The van der Waals surface area contributed by atoms with Gasteiger partial charge in [0.1, 0.15) is 0 Å². The van der Waals surface area contributed by atoms with E-state index in [1.54, 1.807) is 0 Å². The molecule has 2 atom stereocenters. The molecule has 0 N–H and O–H groups in total. The van der Waals surface area contributed by atoms with E-state index in [2.05, 4.69) is 39.5 Å². The minimum atomic E-state index is 0.524. The summed E-state index contributed by atoms with van der Waals surface area (Å²) in [7, 11) is 0. The second-order valence-electron chi connectivity index (χ2n) is 5.42. The lowest BCUT2D eigenvalue weighted by Gasteiger charge is -2.08. The minimum Gasteiger partial charge on any atom is -0.102 e. The molecule has 0 saturated carbocycles. The Morgan fingerprint density at radius 1 is 1.00 bits per heavy atom. The van der Waals surface area contributed by atoms with Crippen molar-refractivity contribution in [3.8, 4) is 0 Å². The van der Waals surface area contributed by atoms with Crippen LogP contribution in [0.15, 0.2) is 24.8 Å². The third-order valence-electron chi connectivity index (χ3n) is 3.40. The smallest absolute Gasteiger partial charge is 0.00846 e. The van der Waals surface area contributed by atoms with Gasteiger partial charge in [0, 0.05) is 0 Å². The number of allylic oxidation sites excluding steroid dienone is 3. The first-order valence-electron chi connectivity index (χ1n) is 7.49. The molecule has 0 unspecified atom stereocenters. The summed E-state index contributed by atoms with van der Waals surface area (Å²) in [4.78, 5) is 0. The third kappa shape index (κ3) is 11.7. The van der Waals surface area contributed by atoms with Crippen LogP contribution in [-0.2, 0) is 0 Å². The summed E-state index contributed by atoms with van der Waals surface area (Å²) in [6.07, 6.45) is 17.7. The summed E-state index contributed by atoms with van der Waals surface area (Å²) in [6, 6.07) is 0. The molecule has 0 bridgehead atoms. The summed E-state index contributed by atoms with van der Waals surface area (Å²) in [5.74, 6) is 1.37. The fraction of sp³-hybridized carbons (Fsp3) is 0.765. The standard InChI is InChI=1S/C17H32/c1-5-7-8-9-10-11-13-17(4)15-12-14-16(3)6-2/h6,12,14,16-17H,2,5,7-11,13,15H2,1,3-4H3/b14-12+/t16-,17+/m1/s1. The fourth-order valence-electron chi connectivity index (χ4n) is 2.00. The summed E-state index contributed by atoms with van der Waals surface area (Å²) in [6.45, 7) is 10.6. The molecule has 0 aliphatic rings. The van der Waals surface area contributed by atoms with Gasteiger partial charge in [0.25, 0.3) is 0 Å². The van der Waals surface area contributed by atoms with Crippen LogP contribution in [0.4, 0.5) is 0 Å². The predicted octanol–water partition coefficient (Wildman–Crippen LogP) is 6.14. The second kappa shape index (κ2) is 12.0. The van der Waals surface area contributed by atoms with Gasteiger partial charge in [0.05, 0.1) is 0 Å². The van der Waals surface area contributed by atoms with Crippen molar-refractivity contribution in [2.24, 2.45) is 11.8 Å². The molecular weight excluding hydrogens is 204 g/mol. The van der Waals surface area contributed by atoms with Gasteiger partial charge in [-0.25, -0.2) is 0 Å². The summed E-state index contributed by atoms with van der Waals surface area (Å²) in [5.41, 5.74) is 0. The Bertz CT molecular complexity index is 190. The molecule has 0 amide bonds. The highest BCUT2D eigenvalue weighted by Crippen LogP contribution is 2.15. The SMILES string of the molecule is C=C[C@@H](C)/C=C/C[C@@H](C)CCCCCCCC. The van der Waals surface area contributed by atoms with Crippen molar-refractivity contribution in [3.05, 3.63) is 24.8 Å². The van der Waals surface area contributed by atoms with Crippen LogP contribution in [0.5, 0.6) is 0 Å².